The molecule has 12 nitrogen and oxygen atoms in total. The zero-order valence-electron chi connectivity index (χ0n) is 23.1. The number of hydrogen-bond acceptors (Lipinski definition) is 9. The van der Waals surface area contributed by atoms with Gasteiger partial charge in [-0.1, -0.05) is 23.7 Å². The molecule has 0 unspecified atom stereocenters. The number of halogens is 2. The van der Waals surface area contributed by atoms with Crippen molar-refractivity contribution < 1.29 is 13.9 Å². The number of nitrogens with two attached hydrogens (primary N) is 1. The minimum atomic E-state index is -0.382. The Morgan fingerprint density at radius 3 is 2.62 bits per heavy atom. The molecule has 0 radical (unpaired) electrons. The van der Waals surface area contributed by atoms with Gasteiger partial charge in [-0.25, -0.2) is 22.9 Å². The highest BCUT2D eigenvalue weighted by atomic mass is 35.5. The van der Waals surface area contributed by atoms with Crippen LogP contribution in [-0.4, -0.2) is 86.9 Å². The summed E-state index contributed by atoms with van der Waals surface area (Å²) >= 11 is 6.10. The maximum atomic E-state index is 14.8. The first-order chi connectivity index (χ1) is 20.4. The number of rotatable bonds is 10. The second-order valence-electron chi connectivity index (χ2n) is 10.1. The van der Waals surface area contributed by atoms with Crippen LogP contribution in [-0.2, 0) is 17.8 Å². The Bertz CT molecular complexity index is 1780. The summed E-state index contributed by atoms with van der Waals surface area (Å²) in [6.07, 6.45) is 1.66. The van der Waals surface area contributed by atoms with E-state index in [1.54, 1.807) is 42.3 Å². The molecule has 2 N–H and O–H groups in total. The number of anilines is 2. The van der Waals surface area contributed by atoms with Gasteiger partial charge < -0.3 is 20.1 Å². The van der Waals surface area contributed by atoms with Crippen LogP contribution in [0.4, 0.5) is 16.0 Å². The van der Waals surface area contributed by atoms with Gasteiger partial charge >= 0.3 is 5.69 Å². The van der Waals surface area contributed by atoms with Gasteiger partial charge in [0.25, 0.3) is 0 Å². The van der Waals surface area contributed by atoms with Crippen LogP contribution >= 0.6 is 11.6 Å². The van der Waals surface area contributed by atoms with Crippen LogP contribution in [0, 0.1) is 5.82 Å². The topological polar surface area (TPSA) is 121 Å². The highest BCUT2D eigenvalue weighted by molar-refractivity contribution is 6.30. The van der Waals surface area contributed by atoms with E-state index >= 15 is 0 Å². The molecule has 220 valence electrons. The maximum absolute atomic E-state index is 14.8. The van der Waals surface area contributed by atoms with Crippen molar-refractivity contribution in [1.29, 1.82) is 0 Å². The van der Waals surface area contributed by atoms with Crippen LogP contribution in [0.5, 0.6) is 5.75 Å². The molecular formula is C28H31ClFN9O3. The Balaban J connectivity index is 1.11. The summed E-state index contributed by atoms with van der Waals surface area (Å²) in [5.41, 5.74) is 8.22. The number of aromatic nitrogens is 6. The van der Waals surface area contributed by atoms with Gasteiger partial charge in [-0.05, 0) is 29.8 Å². The smallest absolute Gasteiger partial charge is 0.353 e. The minimum Gasteiger partial charge on any atom is -0.491 e. The molecule has 0 bridgehead atoms. The van der Waals surface area contributed by atoms with Gasteiger partial charge in [-0.3, -0.25) is 4.90 Å². The summed E-state index contributed by atoms with van der Waals surface area (Å²) in [6, 6.07) is 12.2. The number of hydrogen-bond donors (Lipinski definition) is 1. The zero-order chi connectivity index (χ0) is 29.2. The lowest BCUT2D eigenvalue weighted by Crippen LogP contribution is -2.47. The highest BCUT2D eigenvalue weighted by Gasteiger charge is 2.22. The van der Waals surface area contributed by atoms with E-state index in [1.165, 1.54) is 15.1 Å². The van der Waals surface area contributed by atoms with E-state index in [0.717, 1.165) is 25.2 Å². The Morgan fingerprint density at radius 1 is 1.02 bits per heavy atom. The minimum absolute atomic E-state index is 0.0485. The van der Waals surface area contributed by atoms with E-state index in [9.17, 15) is 9.18 Å². The first-order valence-electron chi connectivity index (χ1n) is 13.6. The molecule has 1 aliphatic rings. The van der Waals surface area contributed by atoms with Gasteiger partial charge in [-0.2, -0.15) is 10.1 Å². The van der Waals surface area contributed by atoms with Gasteiger partial charge in [-0.15, -0.1) is 5.10 Å². The second-order valence-corrected chi connectivity index (χ2v) is 10.5. The summed E-state index contributed by atoms with van der Waals surface area (Å²) in [5, 5.41) is 10.3. The van der Waals surface area contributed by atoms with E-state index in [-0.39, 0.29) is 24.0 Å². The second kappa shape index (κ2) is 12.0. The first kappa shape index (κ1) is 27.9. The number of methoxy groups -OCH3 is 1. The van der Waals surface area contributed by atoms with Crippen LogP contribution in [0.1, 0.15) is 5.56 Å². The van der Waals surface area contributed by atoms with Crippen molar-refractivity contribution in [2.45, 2.75) is 13.1 Å². The fourth-order valence-corrected chi connectivity index (χ4v) is 5.41. The van der Waals surface area contributed by atoms with Crippen molar-refractivity contribution in [2.24, 2.45) is 0 Å². The summed E-state index contributed by atoms with van der Waals surface area (Å²) in [5.74, 6) is 0.237. The first-order valence-corrected chi connectivity index (χ1v) is 14.0. The molecule has 42 heavy (non-hydrogen) atoms. The molecule has 0 atom stereocenters. The zero-order valence-corrected chi connectivity index (χ0v) is 23.9. The summed E-state index contributed by atoms with van der Waals surface area (Å²) in [6.45, 7) is 5.30. The molecular weight excluding hydrogens is 565 g/mol. The fraction of sp³-hybridized carbons (Fsp3) is 0.357. The third kappa shape index (κ3) is 5.62. The molecule has 14 heteroatoms. The molecule has 2 aromatic carbocycles. The summed E-state index contributed by atoms with van der Waals surface area (Å²) in [4.78, 5) is 21.9. The standard InChI is InChI=1S/C28H31ClFN9O3/c1-41-13-14-42-21-5-6-24(23(30)16-21)36-10-7-35(8-11-36)9-12-37-25-22(17-32-37)26-34-38(28(40)39(26)27(31)33-25)18-19-3-2-4-20(29)15-19/h2-6,15-17H,7-14,18H2,1H3,(H2,31,33). The molecule has 3 aromatic heterocycles. The van der Waals surface area contributed by atoms with Crippen LogP contribution in [0.2, 0.25) is 5.02 Å². The van der Waals surface area contributed by atoms with E-state index < -0.39 is 0 Å². The van der Waals surface area contributed by atoms with Crippen LogP contribution in [0.25, 0.3) is 16.7 Å². The third-order valence-corrected chi connectivity index (χ3v) is 7.61. The van der Waals surface area contributed by atoms with E-state index in [4.69, 9.17) is 26.8 Å². The lowest BCUT2D eigenvalue weighted by molar-refractivity contribution is 0.146. The molecule has 1 saturated heterocycles. The fourth-order valence-electron chi connectivity index (χ4n) is 5.20. The lowest BCUT2D eigenvalue weighted by Gasteiger charge is -2.36. The molecule has 0 amide bonds. The Labute approximate surface area is 245 Å². The van der Waals surface area contributed by atoms with Crippen molar-refractivity contribution >= 4 is 39.9 Å². The number of fused-ring (bicyclic) bond motifs is 3. The molecule has 1 aliphatic heterocycles. The molecule has 5 aromatic rings. The monoisotopic (exact) mass is 595 g/mol. The van der Waals surface area contributed by atoms with Crippen molar-refractivity contribution in [3.8, 4) is 5.75 Å². The largest absolute Gasteiger partial charge is 0.491 e. The third-order valence-electron chi connectivity index (χ3n) is 7.38. The van der Waals surface area contributed by atoms with Gasteiger partial charge in [0.05, 0.1) is 37.0 Å². The SMILES string of the molecule is COCCOc1ccc(N2CCN(CCn3ncc4c3nc(N)n3c(=O)n(Cc5cccc(Cl)c5)nc43)CC2)c(F)c1. The average molecular weight is 596 g/mol. The van der Waals surface area contributed by atoms with Crippen molar-refractivity contribution in [3.05, 3.63) is 75.5 Å². The molecule has 4 heterocycles. The van der Waals surface area contributed by atoms with Gasteiger partial charge in [0, 0.05) is 50.9 Å². The average Bonchev–Trinajstić information content (AvgIpc) is 3.53. The van der Waals surface area contributed by atoms with E-state index in [2.05, 4.69) is 20.1 Å². The number of piperazine rings is 1. The van der Waals surface area contributed by atoms with Crippen molar-refractivity contribution in [3.63, 3.8) is 0 Å². The Kier molecular flexibility index (Phi) is 7.96. The van der Waals surface area contributed by atoms with Gasteiger partial charge in [0.15, 0.2) is 11.3 Å². The van der Waals surface area contributed by atoms with E-state index in [1.807, 2.05) is 17.0 Å². The quantitative estimate of drug-likeness (QED) is 0.243. The van der Waals surface area contributed by atoms with Crippen LogP contribution in [0.3, 0.4) is 0 Å². The molecule has 1 fully saturated rings. The molecule has 0 spiro atoms. The molecule has 6 rings (SSSR count). The maximum Gasteiger partial charge on any atom is 0.353 e. The number of nitrogens with zero attached hydrogens (tertiary/aromatic N) is 8. The molecule has 0 aliphatic carbocycles. The predicted octanol–water partition coefficient (Wildman–Crippen LogP) is 2.51. The normalized spacial score (nSPS) is 14.3. The number of benzene rings is 2. The van der Waals surface area contributed by atoms with Crippen molar-refractivity contribution in [2.75, 3.05) is 63.7 Å². The number of ether oxygens (including phenoxy) is 2. The highest BCUT2D eigenvalue weighted by Crippen LogP contribution is 2.25. The Morgan fingerprint density at radius 2 is 1.86 bits per heavy atom. The van der Waals surface area contributed by atoms with Gasteiger partial charge in [0.1, 0.15) is 18.2 Å². The van der Waals surface area contributed by atoms with Gasteiger partial charge in [0.2, 0.25) is 5.95 Å². The van der Waals surface area contributed by atoms with Crippen molar-refractivity contribution in [1.82, 2.24) is 33.8 Å². The summed E-state index contributed by atoms with van der Waals surface area (Å²) < 4.78 is 29.7. The summed E-state index contributed by atoms with van der Waals surface area (Å²) in [7, 11) is 1.60. The predicted molar refractivity (Wildman–Crippen MR) is 158 cm³/mol. The van der Waals surface area contributed by atoms with Crippen LogP contribution in [0.15, 0.2) is 53.5 Å². The number of nitrogen functional groups attached to an aromatic ring is 1. The Hall–Kier alpha value is -4.20. The lowest BCUT2D eigenvalue weighted by atomic mass is 10.2. The van der Waals surface area contributed by atoms with Crippen LogP contribution < -0.4 is 21.1 Å². The van der Waals surface area contributed by atoms with E-state index in [0.29, 0.717) is 66.0 Å². The molecule has 0 saturated carbocycles.